The maximum Gasteiger partial charge on any atom is 0.416 e. The van der Waals surface area contributed by atoms with Crippen LogP contribution in [0.1, 0.15) is 53.1 Å². The molecule has 0 bridgehead atoms. The second-order valence-corrected chi connectivity index (χ2v) is 8.77. The van der Waals surface area contributed by atoms with Crippen LogP contribution in [0.5, 0.6) is 5.75 Å². The van der Waals surface area contributed by atoms with Gasteiger partial charge in [0.15, 0.2) is 0 Å². The number of likely N-dealkylation sites (tertiary alicyclic amines) is 1. The van der Waals surface area contributed by atoms with Gasteiger partial charge < -0.3 is 10.1 Å². The molecule has 5 nitrogen and oxygen atoms in total. The molecular formula is C24H28F3N3O2. The molecule has 1 aromatic carbocycles. The smallest absolute Gasteiger partial charge is 0.416 e. The van der Waals surface area contributed by atoms with Gasteiger partial charge in [0.25, 0.3) is 0 Å². The molecule has 1 saturated carbocycles. The van der Waals surface area contributed by atoms with Gasteiger partial charge in [0.2, 0.25) is 5.91 Å². The van der Waals surface area contributed by atoms with Crippen molar-refractivity contribution in [3.63, 3.8) is 0 Å². The topological polar surface area (TPSA) is 54.5 Å². The Kier molecular flexibility index (Phi) is 6.42. The Balaban J connectivity index is 1.37. The SMILES string of the molecule is CNC(=O)C1CN(Cc2ccc(OCc3cc(C(F)(F)F)c(C4CCC4)cn3)cc2C)C1. The first-order chi connectivity index (χ1) is 15.2. The Bertz CT molecular complexity index is 983. The van der Waals surface area contributed by atoms with Crippen LogP contribution in [-0.2, 0) is 24.1 Å². The molecular weight excluding hydrogens is 419 g/mol. The van der Waals surface area contributed by atoms with E-state index in [1.807, 2.05) is 25.1 Å². The molecule has 0 atom stereocenters. The largest absolute Gasteiger partial charge is 0.487 e. The maximum absolute atomic E-state index is 13.5. The summed E-state index contributed by atoms with van der Waals surface area (Å²) in [7, 11) is 1.65. The van der Waals surface area contributed by atoms with Crippen LogP contribution in [0.25, 0.3) is 0 Å². The van der Waals surface area contributed by atoms with Crippen LogP contribution >= 0.6 is 0 Å². The lowest BCUT2D eigenvalue weighted by Crippen LogP contribution is -2.52. The first-order valence-electron chi connectivity index (χ1n) is 11.0. The summed E-state index contributed by atoms with van der Waals surface area (Å²) in [5.74, 6) is 0.677. The molecule has 0 unspecified atom stereocenters. The molecule has 172 valence electrons. The molecule has 1 aliphatic carbocycles. The predicted molar refractivity (Wildman–Crippen MR) is 114 cm³/mol. The molecule has 4 rings (SSSR count). The summed E-state index contributed by atoms with van der Waals surface area (Å²) in [6, 6.07) is 6.80. The van der Waals surface area contributed by atoms with Crippen molar-refractivity contribution >= 4 is 5.91 Å². The number of pyridine rings is 1. The number of aromatic nitrogens is 1. The minimum Gasteiger partial charge on any atom is -0.487 e. The predicted octanol–water partition coefficient (Wildman–Crippen LogP) is 4.43. The van der Waals surface area contributed by atoms with E-state index in [0.29, 0.717) is 11.3 Å². The van der Waals surface area contributed by atoms with Gasteiger partial charge in [-0.2, -0.15) is 13.2 Å². The molecule has 1 N–H and O–H groups in total. The van der Waals surface area contributed by atoms with E-state index < -0.39 is 11.7 Å². The summed E-state index contributed by atoms with van der Waals surface area (Å²) in [6.07, 6.45) is -0.478. The summed E-state index contributed by atoms with van der Waals surface area (Å²) in [6.45, 7) is 4.18. The van der Waals surface area contributed by atoms with Gasteiger partial charge in [-0.25, -0.2) is 0 Å². The third-order valence-electron chi connectivity index (χ3n) is 6.51. The standard InChI is InChI=1S/C24H28F3N3O2/c1-15-8-20(7-6-17(15)11-30-12-18(13-30)23(31)28-2)32-14-19-9-22(24(25,26)27)21(10-29-19)16-4-3-5-16/h6-10,16,18H,3-5,11-14H2,1-2H3,(H,28,31). The quantitative estimate of drug-likeness (QED) is 0.682. The van der Waals surface area contributed by atoms with Crippen molar-refractivity contribution in [1.29, 1.82) is 0 Å². The van der Waals surface area contributed by atoms with Crippen LogP contribution in [0.3, 0.4) is 0 Å². The fourth-order valence-corrected chi connectivity index (χ4v) is 4.28. The molecule has 0 spiro atoms. The molecule has 1 saturated heterocycles. The minimum atomic E-state index is -4.39. The number of hydrogen-bond acceptors (Lipinski definition) is 4. The van der Waals surface area contributed by atoms with Gasteiger partial charge in [-0.15, -0.1) is 0 Å². The Morgan fingerprint density at radius 3 is 2.59 bits per heavy atom. The Labute approximate surface area is 186 Å². The zero-order valence-electron chi connectivity index (χ0n) is 18.3. The monoisotopic (exact) mass is 447 g/mol. The van der Waals surface area contributed by atoms with Crippen LogP contribution in [0, 0.1) is 12.8 Å². The number of amides is 1. The highest BCUT2D eigenvalue weighted by Gasteiger charge is 2.37. The minimum absolute atomic E-state index is 0.0211. The van der Waals surface area contributed by atoms with Crippen LogP contribution < -0.4 is 10.1 Å². The third-order valence-corrected chi connectivity index (χ3v) is 6.51. The van der Waals surface area contributed by atoms with Crippen LogP contribution in [0.2, 0.25) is 0 Å². The Morgan fingerprint density at radius 2 is 2.00 bits per heavy atom. The van der Waals surface area contributed by atoms with E-state index in [1.54, 1.807) is 7.05 Å². The molecule has 2 aliphatic rings. The number of carbonyl (C=O) groups is 1. The van der Waals surface area contributed by atoms with Crippen molar-refractivity contribution in [3.8, 4) is 5.75 Å². The van der Waals surface area contributed by atoms with Gasteiger partial charge in [-0.05, 0) is 60.6 Å². The molecule has 8 heteroatoms. The van der Waals surface area contributed by atoms with Gasteiger partial charge in [0.1, 0.15) is 12.4 Å². The van der Waals surface area contributed by atoms with Crippen LogP contribution in [0.15, 0.2) is 30.5 Å². The van der Waals surface area contributed by atoms with Crippen LogP contribution in [-0.4, -0.2) is 35.9 Å². The normalized spacial score (nSPS) is 17.5. The zero-order chi connectivity index (χ0) is 22.9. The molecule has 32 heavy (non-hydrogen) atoms. The van der Waals surface area contributed by atoms with Gasteiger partial charge in [0, 0.05) is 32.9 Å². The van der Waals surface area contributed by atoms with Crippen molar-refractivity contribution in [2.45, 2.75) is 51.4 Å². The molecule has 2 heterocycles. The molecule has 2 fully saturated rings. The number of nitrogens with one attached hydrogen (secondary N) is 1. The second-order valence-electron chi connectivity index (χ2n) is 8.77. The van der Waals surface area contributed by atoms with Crippen LogP contribution in [0.4, 0.5) is 13.2 Å². The number of nitrogens with zero attached hydrogens (tertiary/aromatic N) is 2. The van der Waals surface area contributed by atoms with Crippen molar-refractivity contribution in [3.05, 3.63) is 58.4 Å². The number of hydrogen-bond donors (Lipinski definition) is 1. The summed E-state index contributed by atoms with van der Waals surface area (Å²) >= 11 is 0. The first-order valence-corrected chi connectivity index (χ1v) is 11.0. The number of carbonyl (C=O) groups excluding carboxylic acids is 1. The fourth-order valence-electron chi connectivity index (χ4n) is 4.28. The van der Waals surface area contributed by atoms with E-state index in [1.165, 1.54) is 6.20 Å². The lowest BCUT2D eigenvalue weighted by molar-refractivity contribution is -0.138. The molecule has 1 aliphatic heterocycles. The molecule has 2 aromatic rings. The average molecular weight is 448 g/mol. The van der Waals surface area contributed by atoms with E-state index in [0.717, 1.165) is 56.1 Å². The van der Waals surface area contributed by atoms with E-state index in [9.17, 15) is 18.0 Å². The van der Waals surface area contributed by atoms with E-state index in [2.05, 4.69) is 15.2 Å². The third kappa shape index (κ3) is 4.90. The zero-order valence-corrected chi connectivity index (χ0v) is 18.3. The fraction of sp³-hybridized carbons (Fsp3) is 0.500. The summed E-state index contributed by atoms with van der Waals surface area (Å²) in [5, 5.41) is 2.67. The van der Waals surface area contributed by atoms with E-state index >= 15 is 0 Å². The molecule has 0 radical (unpaired) electrons. The van der Waals surface area contributed by atoms with Gasteiger partial charge in [-0.3, -0.25) is 14.7 Å². The van der Waals surface area contributed by atoms with Gasteiger partial charge in [-0.1, -0.05) is 12.5 Å². The van der Waals surface area contributed by atoms with Crippen molar-refractivity contribution < 1.29 is 22.7 Å². The summed E-state index contributed by atoms with van der Waals surface area (Å²) < 4.78 is 46.4. The molecule has 1 amide bonds. The highest BCUT2D eigenvalue weighted by Crippen LogP contribution is 2.43. The summed E-state index contributed by atoms with van der Waals surface area (Å²) in [5.41, 5.74) is 2.15. The number of halogens is 3. The number of alkyl halides is 3. The van der Waals surface area contributed by atoms with E-state index in [4.69, 9.17) is 4.74 Å². The lowest BCUT2D eigenvalue weighted by Gasteiger charge is -2.38. The van der Waals surface area contributed by atoms with Crippen molar-refractivity contribution in [2.75, 3.05) is 20.1 Å². The van der Waals surface area contributed by atoms with Crippen molar-refractivity contribution in [1.82, 2.24) is 15.2 Å². The summed E-state index contributed by atoms with van der Waals surface area (Å²) in [4.78, 5) is 18.1. The molecule has 1 aromatic heterocycles. The number of ether oxygens (including phenoxy) is 1. The number of aryl methyl sites for hydroxylation is 1. The first kappa shape index (κ1) is 22.6. The van der Waals surface area contributed by atoms with Gasteiger partial charge >= 0.3 is 6.18 Å². The average Bonchev–Trinajstić information content (AvgIpc) is 2.68. The number of rotatable bonds is 7. The van der Waals surface area contributed by atoms with Crippen molar-refractivity contribution in [2.24, 2.45) is 5.92 Å². The Hall–Kier alpha value is -2.61. The number of benzene rings is 1. The highest BCUT2D eigenvalue weighted by atomic mass is 19.4. The van der Waals surface area contributed by atoms with Gasteiger partial charge in [0.05, 0.1) is 17.2 Å². The van der Waals surface area contributed by atoms with E-state index in [-0.39, 0.29) is 30.0 Å². The highest BCUT2D eigenvalue weighted by molar-refractivity contribution is 5.79. The maximum atomic E-state index is 13.5. The Morgan fingerprint density at radius 1 is 1.25 bits per heavy atom. The lowest BCUT2D eigenvalue weighted by atomic mass is 9.78. The second kappa shape index (κ2) is 9.10.